The van der Waals surface area contributed by atoms with Gasteiger partial charge in [0.1, 0.15) is 0 Å². The van der Waals surface area contributed by atoms with Crippen LogP contribution in [0.15, 0.2) is 30.3 Å². The van der Waals surface area contributed by atoms with Gasteiger partial charge in [-0.05, 0) is 18.4 Å². The lowest BCUT2D eigenvalue weighted by molar-refractivity contribution is 0.834. The molecule has 90 valence electrons. The van der Waals surface area contributed by atoms with Crippen molar-refractivity contribution in [1.82, 2.24) is 14.8 Å². The molecule has 0 saturated carbocycles. The maximum Gasteiger partial charge on any atom is 0.225 e. The highest BCUT2D eigenvalue weighted by Gasteiger charge is 2.03. The van der Waals surface area contributed by atoms with Crippen molar-refractivity contribution in [3.63, 3.8) is 0 Å². The van der Waals surface area contributed by atoms with E-state index in [9.17, 15) is 0 Å². The fourth-order valence-electron chi connectivity index (χ4n) is 1.63. The smallest absolute Gasteiger partial charge is 0.225 e. The molecule has 17 heavy (non-hydrogen) atoms. The zero-order chi connectivity index (χ0) is 12.1. The molecule has 2 rings (SSSR count). The largest absolute Gasteiger partial charge is 0.368 e. The summed E-state index contributed by atoms with van der Waals surface area (Å²) in [4.78, 5) is 0. The van der Waals surface area contributed by atoms with E-state index in [0.29, 0.717) is 5.95 Å². The van der Waals surface area contributed by atoms with Crippen LogP contribution < -0.4 is 11.1 Å². The highest BCUT2D eigenvalue weighted by Crippen LogP contribution is 2.06. The van der Waals surface area contributed by atoms with Crippen LogP contribution in [0.1, 0.15) is 12.0 Å². The highest BCUT2D eigenvalue weighted by atomic mass is 15.4. The van der Waals surface area contributed by atoms with Gasteiger partial charge < -0.3 is 11.1 Å². The molecule has 2 aromatic rings. The van der Waals surface area contributed by atoms with Crippen LogP contribution in [0.3, 0.4) is 0 Å². The number of nitrogens with zero attached hydrogens (tertiary/aromatic N) is 3. The molecule has 0 unspecified atom stereocenters. The van der Waals surface area contributed by atoms with E-state index in [-0.39, 0.29) is 0 Å². The summed E-state index contributed by atoms with van der Waals surface area (Å²) in [7, 11) is 1.84. The Morgan fingerprint density at radius 1 is 1.24 bits per heavy atom. The first-order chi connectivity index (χ1) is 8.27. The van der Waals surface area contributed by atoms with Gasteiger partial charge in [0.25, 0.3) is 0 Å². The Morgan fingerprint density at radius 2 is 2.00 bits per heavy atom. The zero-order valence-electron chi connectivity index (χ0n) is 9.93. The molecule has 0 amide bonds. The van der Waals surface area contributed by atoms with Gasteiger partial charge in [0.2, 0.25) is 11.9 Å². The number of nitrogen functional groups attached to an aromatic ring is 1. The second-order valence-electron chi connectivity index (χ2n) is 3.96. The number of nitrogens with two attached hydrogens (primary N) is 1. The van der Waals surface area contributed by atoms with E-state index in [2.05, 4.69) is 39.8 Å². The Hall–Kier alpha value is -2.04. The van der Waals surface area contributed by atoms with E-state index in [1.165, 1.54) is 5.56 Å². The predicted octanol–water partition coefficient (Wildman–Crippen LogP) is 1.44. The maximum absolute atomic E-state index is 5.59. The number of benzene rings is 1. The summed E-state index contributed by atoms with van der Waals surface area (Å²) in [6.07, 6.45) is 2.11. The van der Waals surface area contributed by atoms with Crippen LogP contribution in [0.5, 0.6) is 0 Å². The van der Waals surface area contributed by atoms with Crippen LogP contribution in [0.25, 0.3) is 0 Å². The summed E-state index contributed by atoms with van der Waals surface area (Å²) < 4.78 is 1.74. The molecular weight excluding hydrogens is 214 g/mol. The number of hydrogen-bond donors (Lipinski definition) is 2. The van der Waals surface area contributed by atoms with Crippen LogP contribution in [0, 0.1) is 0 Å². The van der Waals surface area contributed by atoms with Gasteiger partial charge in [-0.15, -0.1) is 10.2 Å². The van der Waals surface area contributed by atoms with Gasteiger partial charge >= 0.3 is 0 Å². The van der Waals surface area contributed by atoms with Crippen molar-refractivity contribution < 1.29 is 0 Å². The predicted molar refractivity (Wildman–Crippen MR) is 68.7 cm³/mol. The topological polar surface area (TPSA) is 68.8 Å². The number of anilines is 2. The monoisotopic (exact) mass is 231 g/mol. The second kappa shape index (κ2) is 5.34. The molecule has 0 bridgehead atoms. The first-order valence-electron chi connectivity index (χ1n) is 5.70. The van der Waals surface area contributed by atoms with Crippen molar-refractivity contribution in [2.75, 3.05) is 17.6 Å². The summed E-state index contributed by atoms with van der Waals surface area (Å²) >= 11 is 0. The van der Waals surface area contributed by atoms with E-state index in [0.717, 1.165) is 25.3 Å². The van der Waals surface area contributed by atoms with Gasteiger partial charge in [-0.2, -0.15) is 0 Å². The minimum Gasteiger partial charge on any atom is -0.368 e. The van der Waals surface area contributed by atoms with Crippen molar-refractivity contribution in [2.45, 2.75) is 12.8 Å². The summed E-state index contributed by atoms with van der Waals surface area (Å²) in [5.74, 6) is 1.14. The molecule has 3 N–H and O–H groups in total. The Kier molecular flexibility index (Phi) is 3.59. The van der Waals surface area contributed by atoms with Crippen molar-refractivity contribution in [3.05, 3.63) is 35.9 Å². The van der Waals surface area contributed by atoms with E-state index in [1.54, 1.807) is 4.57 Å². The van der Waals surface area contributed by atoms with Crippen LogP contribution in [-0.2, 0) is 13.5 Å². The average molecular weight is 231 g/mol. The van der Waals surface area contributed by atoms with Crippen LogP contribution in [0.2, 0.25) is 0 Å². The first-order valence-corrected chi connectivity index (χ1v) is 5.70. The Labute approximate surface area is 101 Å². The van der Waals surface area contributed by atoms with E-state index in [1.807, 2.05) is 13.1 Å². The SMILES string of the molecule is Cn1c(N)nnc1NCCCc1ccccc1. The molecule has 1 aromatic carbocycles. The summed E-state index contributed by atoms with van der Waals surface area (Å²) in [6.45, 7) is 0.862. The molecule has 1 heterocycles. The fraction of sp³-hybridized carbons (Fsp3) is 0.333. The van der Waals surface area contributed by atoms with Crippen molar-refractivity contribution >= 4 is 11.9 Å². The lowest BCUT2D eigenvalue weighted by Crippen LogP contribution is -2.08. The van der Waals surface area contributed by atoms with Gasteiger partial charge in [-0.3, -0.25) is 4.57 Å². The Balaban J connectivity index is 1.75. The molecule has 0 aliphatic carbocycles. The summed E-state index contributed by atoms with van der Waals surface area (Å²) in [6, 6.07) is 10.4. The molecule has 0 aliphatic heterocycles. The summed E-state index contributed by atoms with van der Waals surface area (Å²) in [5.41, 5.74) is 6.94. The summed E-state index contributed by atoms with van der Waals surface area (Å²) in [5, 5.41) is 10.9. The zero-order valence-corrected chi connectivity index (χ0v) is 9.93. The molecule has 0 radical (unpaired) electrons. The lowest BCUT2D eigenvalue weighted by atomic mass is 10.1. The van der Waals surface area contributed by atoms with Gasteiger partial charge in [0.15, 0.2) is 0 Å². The molecule has 0 saturated heterocycles. The maximum atomic E-state index is 5.59. The average Bonchev–Trinajstić information content (AvgIpc) is 2.67. The molecule has 0 atom stereocenters. The van der Waals surface area contributed by atoms with E-state index >= 15 is 0 Å². The van der Waals surface area contributed by atoms with E-state index < -0.39 is 0 Å². The number of rotatable bonds is 5. The molecule has 1 aromatic heterocycles. The Morgan fingerprint density at radius 3 is 2.65 bits per heavy atom. The first kappa shape index (κ1) is 11.4. The normalized spacial score (nSPS) is 10.4. The highest BCUT2D eigenvalue weighted by molar-refractivity contribution is 5.32. The minimum atomic E-state index is 0.426. The number of aromatic nitrogens is 3. The third-order valence-electron chi connectivity index (χ3n) is 2.68. The molecule has 0 fully saturated rings. The standard InChI is InChI=1S/C12H17N5/c1-17-11(13)15-16-12(17)14-9-5-8-10-6-3-2-4-7-10/h2-4,6-7H,5,8-9H2,1H3,(H2,13,15)(H,14,16). The minimum absolute atomic E-state index is 0.426. The van der Waals surface area contributed by atoms with Gasteiger partial charge in [-0.25, -0.2) is 0 Å². The van der Waals surface area contributed by atoms with Gasteiger partial charge in [-0.1, -0.05) is 30.3 Å². The van der Waals surface area contributed by atoms with Crippen molar-refractivity contribution in [3.8, 4) is 0 Å². The number of hydrogen-bond acceptors (Lipinski definition) is 4. The van der Waals surface area contributed by atoms with Crippen LogP contribution in [0.4, 0.5) is 11.9 Å². The van der Waals surface area contributed by atoms with Gasteiger partial charge in [0.05, 0.1) is 0 Å². The fourth-order valence-corrected chi connectivity index (χ4v) is 1.63. The molecule has 5 nitrogen and oxygen atoms in total. The number of aryl methyl sites for hydroxylation is 1. The lowest BCUT2D eigenvalue weighted by Gasteiger charge is -2.05. The number of nitrogens with one attached hydrogen (secondary N) is 1. The second-order valence-corrected chi connectivity index (χ2v) is 3.96. The molecule has 0 aliphatic rings. The van der Waals surface area contributed by atoms with Crippen LogP contribution in [-0.4, -0.2) is 21.3 Å². The quantitative estimate of drug-likeness (QED) is 0.764. The molecular formula is C12H17N5. The van der Waals surface area contributed by atoms with Gasteiger partial charge in [0, 0.05) is 13.6 Å². The van der Waals surface area contributed by atoms with Crippen molar-refractivity contribution in [1.29, 1.82) is 0 Å². The van der Waals surface area contributed by atoms with Crippen LogP contribution >= 0.6 is 0 Å². The third-order valence-corrected chi connectivity index (χ3v) is 2.68. The van der Waals surface area contributed by atoms with Crippen molar-refractivity contribution in [2.24, 2.45) is 7.05 Å². The molecule has 5 heteroatoms. The molecule has 0 spiro atoms. The third kappa shape index (κ3) is 2.96. The Bertz CT molecular complexity index is 463. The van der Waals surface area contributed by atoms with E-state index in [4.69, 9.17) is 5.73 Å².